The van der Waals surface area contributed by atoms with Gasteiger partial charge in [-0.25, -0.2) is 4.79 Å². The van der Waals surface area contributed by atoms with Gasteiger partial charge in [-0.3, -0.25) is 0 Å². The van der Waals surface area contributed by atoms with E-state index in [1.54, 1.807) is 0 Å². The van der Waals surface area contributed by atoms with Gasteiger partial charge in [0.05, 0.1) is 0 Å². The van der Waals surface area contributed by atoms with Crippen molar-refractivity contribution >= 4 is 42.4 Å². The monoisotopic (exact) mass is 217 g/mol. The van der Waals surface area contributed by atoms with Gasteiger partial charge in [-0.15, -0.1) is 12.4 Å². The van der Waals surface area contributed by atoms with Crippen molar-refractivity contribution in [1.29, 1.82) is 0 Å². The molecule has 0 rings (SSSR count). The minimum Gasteiger partial charge on any atom is -0.464 e. The lowest BCUT2D eigenvalue weighted by Crippen LogP contribution is -2.14. The summed E-state index contributed by atoms with van der Waals surface area (Å²) in [5.41, 5.74) is 0. The van der Waals surface area contributed by atoms with Crippen LogP contribution in [0.15, 0.2) is 0 Å². The lowest BCUT2D eigenvalue weighted by atomic mass is 11.0. The minimum absolute atomic E-state index is 0. The average molecular weight is 218 g/mol. The fourth-order valence-corrected chi connectivity index (χ4v) is 2.00. The molecule has 0 aromatic carbocycles. The minimum atomic E-state index is -0.876. The summed E-state index contributed by atoms with van der Waals surface area (Å²) in [5.74, 6) is 1.58. The zero-order valence-corrected chi connectivity index (χ0v) is 8.89. The Bertz CT molecular complexity index is 109. The number of amides is 1. The van der Waals surface area contributed by atoms with Crippen LogP contribution in [0.1, 0.15) is 13.8 Å². The summed E-state index contributed by atoms with van der Waals surface area (Å²) < 4.78 is 1.28. The van der Waals surface area contributed by atoms with E-state index in [2.05, 4.69) is 0 Å². The maximum Gasteiger partial charge on any atom is 0.427 e. The fourth-order valence-electron chi connectivity index (χ4n) is 0.382. The molecule has 1 amide bonds. The second kappa shape index (κ2) is 8.36. The van der Waals surface area contributed by atoms with Gasteiger partial charge in [-0.1, -0.05) is 13.8 Å². The van der Waals surface area contributed by atoms with Crippen LogP contribution in [0.2, 0.25) is 0 Å². The quantitative estimate of drug-likeness (QED) is 0.736. The summed E-state index contributed by atoms with van der Waals surface area (Å²) in [4.78, 5) is 10.4. The van der Waals surface area contributed by atoms with Crippen LogP contribution in [0, 0.1) is 0 Å². The molecule has 11 heavy (non-hydrogen) atoms. The van der Waals surface area contributed by atoms with Crippen molar-refractivity contribution in [1.82, 2.24) is 3.71 Å². The predicted molar refractivity (Wildman–Crippen MR) is 53.4 cm³/mol. The Balaban J connectivity index is 0. The van der Waals surface area contributed by atoms with Gasteiger partial charge < -0.3 is 5.11 Å². The highest BCUT2D eigenvalue weighted by atomic mass is 35.5. The van der Waals surface area contributed by atoms with Gasteiger partial charge in [-0.2, -0.15) is 3.71 Å². The van der Waals surface area contributed by atoms with Crippen molar-refractivity contribution in [2.75, 3.05) is 11.5 Å². The normalized spacial score (nSPS) is 8.55. The van der Waals surface area contributed by atoms with Crippen LogP contribution >= 0.6 is 36.3 Å². The number of halogens is 1. The maximum atomic E-state index is 10.4. The van der Waals surface area contributed by atoms with E-state index in [1.165, 1.54) is 27.6 Å². The van der Waals surface area contributed by atoms with Gasteiger partial charge in [0.1, 0.15) is 0 Å². The number of hydrogen-bond acceptors (Lipinski definition) is 3. The highest BCUT2D eigenvalue weighted by Gasteiger charge is 2.09. The van der Waals surface area contributed by atoms with E-state index in [-0.39, 0.29) is 12.4 Å². The van der Waals surface area contributed by atoms with Crippen LogP contribution in [0.25, 0.3) is 0 Å². The second-order valence-corrected chi connectivity index (χ2v) is 4.01. The molecule has 0 bridgehead atoms. The Morgan fingerprint density at radius 1 is 1.36 bits per heavy atom. The molecule has 0 spiro atoms. The second-order valence-electron chi connectivity index (χ2n) is 1.38. The Morgan fingerprint density at radius 2 is 1.73 bits per heavy atom. The first-order chi connectivity index (χ1) is 4.72. The third kappa shape index (κ3) is 6.65. The molecule has 1 N–H and O–H groups in total. The molecule has 0 aliphatic heterocycles. The van der Waals surface area contributed by atoms with Gasteiger partial charge in [0.15, 0.2) is 0 Å². The van der Waals surface area contributed by atoms with E-state index >= 15 is 0 Å². The van der Waals surface area contributed by atoms with E-state index < -0.39 is 6.09 Å². The van der Waals surface area contributed by atoms with Gasteiger partial charge in [0, 0.05) is 11.5 Å². The van der Waals surface area contributed by atoms with Crippen molar-refractivity contribution in [3.63, 3.8) is 0 Å². The first-order valence-electron chi connectivity index (χ1n) is 3.01. The molecule has 3 nitrogen and oxygen atoms in total. The Hall–Kier alpha value is 0.260. The third-order valence-electron chi connectivity index (χ3n) is 0.649. The van der Waals surface area contributed by atoms with Gasteiger partial charge >= 0.3 is 6.09 Å². The Kier molecular flexibility index (Phi) is 10.5. The van der Waals surface area contributed by atoms with Crippen molar-refractivity contribution in [2.24, 2.45) is 0 Å². The SMILES string of the molecule is CCSN(SCC)C(=O)O.Cl. The molecule has 0 atom stereocenters. The molecule has 0 aromatic rings. The van der Waals surface area contributed by atoms with Crippen LogP contribution in [-0.2, 0) is 0 Å². The van der Waals surface area contributed by atoms with Gasteiger partial charge in [0.2, 0.25) is 0 Å². The van der Waals surface area contributed by atoms with Crippen molar-refractivity contribution in [2.45, 2.75) is 13.8 Å². The topological polar surface area (TPSA) is 40.5 Å². The number of hydrogen-bond donors (Lipinski definition) is 1. The van der Waals surface area contributed by atoms with Gasteiger partial charge in [-0.05, 0) is 23.9 Å². The van der Waals surface area contributed by atoms with Crippen LogP contribution in [-0.4, -0.2) is 26.4 Å². The van der Waals surface area contributed by atoms with Crippen LogP contribution in [0.3, 0.4) is 0 Å². The third-order valence-corrected chi connectivity index (χ3v) is 2.58. The van der Waals surface area contributed by atoms with E-state index in [1.807, 2.05) is 13.8 Å². The molecule has 6 heteroatoms. The summed E-state index contributed by atoms with van der Waals surface area (Å²) in [6.07, 6.45) is -0.876. The molecule has 0 heterocycles. The summed E-state index contributed by atoms with van der Waals surface area (Å²) in [6, 6.07) is 0. The number of carboxylic acid groups (broad SMARTS) is 1. The van der Waals surface area contributed by atoms with E-state index in [4.69, 9.17) is 5.11 Å². The molecular formula is C5H12ClNO2S2. The molecule has 0 saturated heterocycles. The van der Waals surface area contributed by atoms with E-state index in [0.29, 0.717) is 0 Å². The molecule has 0 unspecified atom stereocenters. The molecule has 0 aliphatic rings. The largest absolute Gasteiger partial charge is 0.464 e. The Morgan fingerprint density at radius 3 is 1.91 bits per heavy atom. The van der Waals surface area contributed by atoms with Crippen molar-refractivity contribution in [3.8, 4) is 0 Å². The van der Waals surface area contributed by atoms with Crippen molar-refractivity contribution in [3.05, 3.63) is 0 Å². The van der Waals surface area contributed by atoms with Crippen LogP contribution < -0.4 is 0 Å². The zero-order valence-electron chi connectivity index (χ0n) is 6.44. The summed E-state index contributed by atoms with van der Waals surface area (Å²) in [6.45, 7) is 3.85. The van der Waals surface area contributed by atoms with Crippen LogP contribution in [0.5, 0.6) is 0 Å². The van der Waals surface area contributed by atoms with Gasteiger partial charge in [0.25, 0.3) is 0 Å². The zero-order chi connectivity index (χ0) is 7.98. The standard InChI is InChI=1S/C5H11NO2S2.ClH/c1-3-9-6(5(7)8)10-4-2;/h3-4H2,1-2H3,(H,7,8);1H. The average Bonchev–Trinajstić information content (AvgIpc) is 1.87. The van der Waals surface area contributed by atoms with E-state index in [9.17, 15) is 4.79 Å². The smallest absolute Gasteiger partial charge is 0.427 e. The lowest BCUT2D eigenvalue weighted by Gasteiger charge is -2.13. The summed E-state index contributed by atoms with van der Waals surface area (Å²) in [5, 5.41) is 8.52. The highest BCUT2D eigenvalue weighted by molar-refractivity contribution is 8.12. The molecular weight excluding hydrogens is 206 g/mol. The fraction of sp³-hybridized carbons (Fsp3) is 0.800. The summed E-state index contributed by atoms with van der Waals surface area (Å²) >= 11 is 2.61. The first kappa shape index (κ1) is 13.8. The van der Waals surface area contributed by atoms with Crippen LogP contribution in [0.4, 0.5) is 4.79 Å². The number of carbonyl (C=O) groups is 1. The van der Waals surface area contributed by atoms with Crippen molar-refractivity contribution < 1.29 is 9.90 Å². The predicted octanol–water partition coefficient (Wildman–Crippen LogP) is 2.72. The maximum absolute atomic E-state index is 10.4. The highest BCUT2D eigenvalue weighted by Crippen LogP contribution is 2.20. The molecule has 0 saturated carbocycles. The lowest BCUT2D eigenvalue weighted by molar-refractivity contribution is 0.191. The molecule has 0 fully saturated rings. The molecule has 0 aromatic heterocycles. The molecule has 0 radical (unpaired) electrons. The summed E-state index contributed by atoms with van der Waals surface area (Å²) in [7, 11) is 0. The number of nitrogens with zero attached hydrogens (tertiary/aromatic N) is 1. The van der Waals surface area contributed by atoms with E-state index in [0.717, 1.165) is 11.5 Å². The molecule has 68 valence electrons. The Labute approximate surface area is 81.6 Å². The first-order valence-corrected chi connectivity index (χ1v) is 4.89. The number of rotatable bonds is 4. The molecule has 0 aliphatic carbocycles.